The second kappa shape index (κ2) is 5.21. The van der Waals surface area contributed by atoms with E-state index in [9.17, 15) is 9.18 Å². The zero-order chi connectivity index (χ0) is 14.1. The lowest BCUT2D eigenvalue weighted by Gasteiger charge is -1.98. The Kier molecular flexibility index (Phi) is 3.40. The monoisotopic (exact) mass is 332 g/mol. The zero-order valence-electron chi connectivity index (χ0n) is 10.4. The van der Waals surface area contributed by atoms with Crippen LogP contribution in [0, 0.1) is 5.82 Å². The number of fused-ring (bicyclic) bond motifs is 1. The molecule has 0 aliphatic heterocycles. The largest absolute Gasteiger partial charge is 0.452 e. The summed E-state index contributed by atoms with van der Waals surface area (Å²) in [6.45, 7) is 0. The SMILES string of the molecule is O=C(Cc1cccc(F)c1)c1cc2cccc(Br)c2o1. The molecule has 1 heterocycles. The molecule has 2 nitrogen and oxygen atoms in total. The van der Waals surface area contributed by atoms with Crippen molar-refractivity contribution in [1.82, 2.24) is 0 Å². The van der Waals surface area contributed by atoms with E-state index in [1.54, 1.807) is 18.2 Å². The molecule has 100 valence electrons. The average molecular weight is 333 g/mol. The van der Waals surface area contributed by atoms with E-state index in [1.807, 2.05) is 18.2 Å². The average Bonchev–Trinajstić information content (AvgIpc) is 2.84. The van der Waals surface area contributed by atoms with Gasteiger partial charge in [0.2, 0.25) is 5.78 Å². The van der Waals surface area contributed by atoms with Crippen LogP contribution in [0.4, 0.5) is 4.39 Å². The molecule has 0 amide bonds. The molecule has 0 aliphatic rings. The molecule has 3 rings (SSSR count). The number of benzene rings is 2. The van der Waals surface area contributed by atoms with Crippen LogP contribution in [0.2, 0.25) is 0 Å². The van der Waals surface area contributed by atoms with E-state index in [1.165, 1.54) is 12.1 Å². The highest BCUT2D eigenvalue weighted by Gasteiger charge is 2.14. The second-order valence-electron chi connectivity index (χ2n) is 4.50. The highest BCUT2D eigenvalue weighted by atomic mass is 79.9. The minimum absolute atomic E-state index is 0.120. The third kappa shape index (κ3) is 2.51. The highest BCUT2D eigenvalue weighted by molar-refractivity contribution is 9.10. The van der Waals surface area contributed by atoms with E-state index in [4.69, 9.17) is 4.42 Å². The van der Waals surface area contributed by atoms with Gasteiger partial charge in [-0.2, -0.15) is 0 Å². The first-order valence-corrected chi connectivity index (χ1v) is 6.88. The van der Waals surface area contributed by atoms with Crippen molar-refractivity contribution in [2.75, 3.05) is 0 Å². The van der Waals surface area contributed by atoms with Gasteiger partial charge in [-0.3, -0.25) is 4.79 Å². The van der Waals surface area contributed by atoms with Crippen LogP contribution < -0.4 is 0 Å². The Hall–Kier alpha value is -1.94. The summed E-state index contributed by atoms with van der Waals surface area (Å²) >= 11 is 3.38. The number of hydrogen-bond acceptors (Lipinski definition) is 2. The fourth-order valence-electron chi connectivity index (χ4n) is 2.08. The maximum Gasteiger partial charge on any atom is 0.202 e. The van der Waals surface area contributed by atoms with Crippen LogP contribution >= 0.6 is 15.9 Å². The molecule has 2 aromatic carbocycles. The highest BCUT2D eigenvalue weighted by Crippen LogP contribution is 2.27. The maximum atomic E-state index is 13.1. The van der Waals surface area contributed by atoms with Crippen LogP contribution in [0.1, 0.15) is 16.1 Å². The van der Waals surface area contributed by atoms with Crippen molar-refractivity contribution in [3.05, 3.63) is 70.1 Å². The van der Waals surface area contributed by atoms with Crippen molar-refractivity contribution in [3.8, 4) is 0 Å². The Morgan fingerprint density at radius 1 is 1.15 bits per heavy atom. The number of rotatable bonds is 3. The van der Waals surface area contributed by atoms with Gasteiger partial charge in [0, 0.05) is 11.8 Å². The van der Waals surface area contributed by atoms with Gasteiger partial charge in [0.1, 0.15) is 11.4 Å². The van der Waals surface area contributed by atoms with Gasteiger partial charge in [-0.25, -0.2) is 4.39 Å². The van der Waals surface area contributed by atoms with Gasteiger partial charge >= 0.3 is 0 Å². The van der Waals surface area contributed by atoms with Gasteiger partial charge in [0.15, 0.2) is 5.76 Å². The number of carbonyl (C=O) groups is 1. The number of furan rings is 1. The summed E-state index contributed by atoms with van der Waals surface area (Å²) in [5.41, 5.74) is 1.28. The third-order valence-corrected chi connectivity index (χ3v) is 3.65. The summed E-state index contributed by atoms with van der Waals surface area (Å²) in [5.74, 6) is -0.225. The number of hydrogen-bond donors (Lipinski definition) is 0. The normalized spacial score (nSPS) is 10.9. The first-order valence-electron chi connectivity index (χ1n) is 6.09. The van der Waals surface area contributed by atoms with Crippen molar-refractivity contribution in [3.63, 3.8) is 0 Å². The molecule has 0 spiro atoms. The lowest BCUT2D eigenvalue weighted by Crippen LogP contribution is -2.02. The number of Topliss-reactive ketones (excluding diaryl/α,β-unsaturated/α-hetero) is 1. The smallest absolute Gasteiger partial charge is 0.202 e. The molecule has 3 aromatic rings. The number of halogens is 2. The standard InChI is InChI=1S/C16H10BrFO2/c17-13-6-2-4-11-9-15(20-16(11)13)14(19)8-10-3-1-5-12(18)7-10/h1-7,9H,8H2. The molecule has 1 aromatic heterocycles. The minimum atomic E-state index is -0.345. The zero-order valence-corrected chi connectivity index (χ0v) is 12.0. The molecular weight excluding hydrogens is 323 g/mol. The van der Waals surface area contributed by atoms with Crippen LogP contribution in [0.15, 0.2) is 57.4 Å². The van der Waals surface area contributed by atoms with Crippen molar-refractivity contribution >= 4 is 32.7 Å². The van der Waals surface area contributed by atoms with Crippen LogP contribution in [-0.4, -0.2) is 5.78 Å². The van der Waals surface area contributed by atoms with Crippen LogP contribution in [0.3, 0.4) is 0 Å². The summed E-state index contributed by atoms with van der Waals surface area (Å²) in [6.07, 6.45) is 0.120. The fraction of sp³-hybridized carbons (Fsp3) is 0.0625. The molecule has 0 unspecified atom stereocenters. The summed E-state index contributed by atoms with van der Waals surface area (Å²) in [7, 11) is 0. The van der Waals surface area contributed by atoms with E-state index in [-0.39, 0.29) is 23.8 Å². The summed E-state index contributed by atoms with van der Waals surface area (Å²) in [5, 5.41) is 0.863. The van der Waals surface area contributed by atoms with Gasteiger partial charge in [0.25, 0.3) is 0 Å². The summed E-state index contributed by atoms with van der Waals surface area (Å²) in [6, 6.07) is 13.3. The van der Waals surface area contributed by atoms with Gasteiger partial charge in [-0.05, 0) is 45.8 Å². The number of para-hydroxylation sites is 1. The topological polar surface area (TPSA) is 30.2 Å². The van der Waals surface area contributed by atoms with Crippen LogP contribution in [0.5, 0.6) is 0 Å². The quantitative estimate of drug-likeness (QED) is 0.647. The van der Waals surface area contributed by atoms with E-state index >= 15 is 0 Å². The van der Waals surface area contributed by atoms with Crippen LogP contribution in [-0.2, 0) is 6.42 Å². The van der Waals surface area contributed by atoms with E-state index in [0.717, 1.165) is 9.86 Å². The lowest BCUT2D eigenvalue weighted by atomic mass is 10.1. The predicted octanol–water partition coefficient (Wildman–Crippen LogP) is 4.76. The maximum absolute atomic E-state index is 13.1. The molecular formula is C16H10BrFO2. The van der Waals surface area contributed by atoms with Gasteiger partial charge in [-0.15, -0.1) is 0 Å². The molecule has 0 saturated heterocycles. The van der Waals surface area contributed by atoms with E-state index < -0.39 is 0 Å². The first-order chi connectivity index (χ1) is 9.63. The molecule has 20 heavy (non-hydrogen) atoms. The Morgan fingerprint density at radius 2 is 1.95 bits per heavy atom. The third-order valence-electron chi connectivity index (χ3n) is 3.02. The molecule has 0 bridgehead atoms. The van der Waals surface area contributed by atoms with E-state index in [2.05, 4.69) is 15.9 Å². The molecule has 0 aliphatic carbocycles. The predicted molar refractivity (Wildman–Crippen MR) is 78.3 cm³/mol. The van der Waals surface area contributed by atoms with Crippen LogP contribution in [0.25, 0.3) is 11.0 Å². The first kappa shape index (κ1) is 13.1. The second-order valence-corrected chi connectivity index (χ2v) is 5.35. The van der Waals surface area contributed by atoms with Crippen molar-refractivity contribution in [2.24, 2.45) is 0 Å². The van der Waals surface area contributed by atoms with Crippen molar-refractivity contribution in [1.29, 1.82) is 0 Å². The summed E-state index contributed by atoms with van der Waals surface area (Å²) in [4.78, 5) is 12.2. The number of ketones is 1. The molecule has 0 atom stereocenters. The Bertz CT molecular complexity index is 792. The summed E-state index contributed by atoms with van der Waals surface area (Å²) < 4.78 is 19.5. The Morgan fingerprint density at radius 3 is 2.70 bits per heavy atom. The fourth-order valence-corrected chi connectivity index (χ4v) is 2.55. The molecule has 4 heteroatoms. The minimum Gasteiger partial charge on any atom is -0.452 e. The Balaban J connectivity index is 1.91. The Labute approximate surface area is 123 Å². The van der Waals surface area contributed by atoms with Crippen molar-refractivity contribution < 1.29 is 13.6 Å². The lowest BCUT2D eigenvalue weighted by molar-refractivity contribution is 0.0968. The molecule has 0 radical (unpaired) electrons. The van der Waals surface area contributed by atoms with Gasteiger partial charge in [-0.1, -0.05) is 24.3 Å². The van der Waals surface area contributed by atoms with Gasteiger partial charge in [0.05, 0.1) is 4.47 Å². The number of carbonyl (C=O) groups excluding carboxylic acids is 1. The van der Waals surface area contributed by atoms with E-state index in [0.29, 0.717) is 11.1 Å². The molecule has 0 N–H and O–H groups in total. The molecule has 0 saturated carbocycles. The van der Waals surface area contributed by atoms with Crippen molar-refractivity contribution in [2.45, 2.75) is 6.42 Å². The van der Waals surface area contributed by atoms with Gasteiger partial charge < -0.3 is 4.42 Å². The molecule has 0 fully saturated rings.